The van der Waals surface area contributed by atoms with Gasteiger partial charge in [-0.1, -0.05) is 47.8 Å². The molecule has 36 heavy (non-hydrogen) atoms. The first-order valence-corrected chi connectivity index (χ1v) is 14.7. The van der Waals surface area contributed by atoms with Crippen LogP contribution >= 0.6 is 15.9 Å². The van der Waals surface area contributed by atoms with Crippen LogP contribution in [-0.4, -0.2) is 57.1 Å². The molecule has 1 aliphatic rings. The third-order valence-electron chi connectivity index (χ3n) is 6.39. The van der Waals surface area contributed by atoms with Crippen LogP contribution in [0.4, 0.5) is 5.69 Å². The highest BCUT2D eigenvalue weighted by Gasteiger charge is 2.33. The minimum absolute atomic E-state index is 0.111. The van der Waals surface area contributed by atoms with Gasteiger partial charge >= 0.3 is 0 Å². The van der Waals surface area contributed by atoms with Gasteiger partial charge in [-0.05, 0) is 61.2 Å². The summed E-state index contributed by atoms with van der Waals surface area (Å²) in [5, 5.41) is 3.10. The Kier molecular flexibility index (Phi) is 9.78. The van der Waals surface area contributed by atoms with E-state index >= 15 is 0 Å². The van der Waals surface area contributed by atoms with Gasteiger partial charge in [0.15, 0.2) is 0 Å². The number of carbonyl (C=O) groups excluding carboxylic acids is 2. The maximum Gasteiger partial charge on any atom is 0.244 e. The van der Waals surface area contributed by atoms with Crippen LogP contribution in [-0.2, 0) is 26.2 Å². The van der Waals surface area contributed by atoms with Gasteiger partial charge in [0.2, 0.25) is 21.8 Å². The molecular weight excluding hydrogens is 546 g/mol. The standard InChI is InChI=1S/C26H34BrN3O5S/c1-4-24(26(32)28-21-7-5-6-8-21)29(17-19-9-15-23(35-2)16-10-19)25(31)18-30(36(3,33)34)22-13-11-20(27)12-14-22/h9-16,21,24H,4-8,17-18H2,1-3H3,(H,28,32)/t24-/m1/s1. The Balaban J connectivity index is 1.90. The minimum atomic E-state index is -3.76. The second kappa shape index (κ2) is 12.6. The van der Waals surface area contributed by atoms with Gasteiger partial charge in [0, 0.05) is 17.1 Å². The average molecular weight is 581 g/mol. The number of sulfonamides is 1. The summed E-state index contributed by atoms with van der Waals surface area (Å²) < 4.78 is 32.4. The zero-order valence-electron chi connectivity index (χ0n) is 20.9. The molecule has 0 unspecified atom stereocenters. The maximum absolute atomic E-state index is 13.7. The van der Waals surface area contributed by atoms with Gasteiger partial charge in [-0.3, -0.25) is 13.9 Å². The summed E-state index contributed by atoms with van der Waals surface area (Å²) >= 11 is 3.35. The fraction of sp³-hybridized carbons (Fsp3) is 0.462. The van der Waals surface area contributed by atoms with Gasteiger partial charge in [-0.25, -0.2) is 8.42 Å². The van der Waals surface area contributed by atoms with Crippen LogP contribution in [0.1, 0.15) is 44.6 Å². The predicted molar refractivity (Wildman–Crippen MR) is 144 cm³/mol. The van der Waals surface area contributed by atoms with E-state index in [9.17, 15) is 18.0 Å². The topological polar surface area (TPSA) is 96.0 Å². The van der Waals surface area contributed by atoms with Crippen molar-refractivity contribution in [3.8, 4) is 5.75 Å². The number of carbonyl (C=O) groups is 2. The van der Waals surface area contributed by atoms with Crippen molar-refractivity contribution in [3.63, 3.8) is 0 Å². The van der Waals surface area contributed by atoms with Gasteiger partial charge in [-0.15, -0.1) is 0 Å². The van der Waals surface area contributed by atoms with E-state index in [1.807, 2.05) is 19.1 Å². The number of anilines is 1. The van der Waals surface area contributed by atoms with E-state index < -0.39 is 28.5 Å². The molecule has 2 aromatic rings. The molecule has 1 saturated carbocycles. The fourth-order valence-electron chi connectivity index (χ4n) is 4.44. The Hall–Kier alpha value is -2.59. The van der Waals surface area contributed by atoms with E-state index in [-0.39, 0.29) is 18.5 Å². The minimum Gasteiger partial charge on any atom is -0.497 e. The summed E-state index contributed by atoms with van der Waals surface area (Å²) in [6, 6.07) is 13.4. The molecule has 2 aromatic carbocycles. The van der Waals surface area contributed by atoms with Crippen LogP contribution in [0.5, 0.6) is 5.75 Å². The quantitative estimate of drug-likeness (QED) is 0.432. The molecule has 1 aliphatic carbocycles. The second-order valence-corrected chi connectivity index (χ2v) is 11.9. The Morgan fingerprint density at radius 1 is 1.08 bits per heavy atom. The van der Waals surface area contributed by atoms with Gasteiger partial charge in [-0.2, -0.15) is 0 Å². The first-order chi connectivity index (χ1) is 17.1. The summed E-state index contributed by atoms with van der Waals surface area (Å²) in [5.74, 6) is 0.0227. The van der Waals surface area contributed by atoms with E-state index in [0.29, 0.717) is 17.9 Å². The number of halogens is 1. The van der Waals surface area contributed by atoms with Gasteiger partial charge in [0.25, 0.3) is 0 Å². The number of nitrogens with zero attached hydrogens (tertiary/aromatic N) is 2. The number of ether oxygens (including phenoxy) is 1. The molecule has 1 fully saturated rings. The Labute approximate surface area is 222 Å². The van der Waals surface area contributed by atoms with E-state index in [1.165, 1.54) is 4.90 Å². The van der Waals surface area contributed by atoms with Crippen molar-refractivity contribution in [2.75, 3.05) is 24.2 Å². The number of benzene rings is 2. The lowest BCUT2D eigenvalue weighted by molar-refractivity contribution is -0.140. The zero-order chi connectivity index (χ0) is 26.3. The molecule has 0 aliphatic heterocycles. The van der Waals surface area contributed by atoms with Crippen LogP contribution in [0.15, 0.2) is 53.0 Å². The third kappa shape index (κ3) is 7.46. The molecule has 0 bridgehead atoms. The summed E-state index contributed by atoms with van der Waals surface area (Å²) in [5.41, 5.74) is 1.19. The highest BCUT2D eigenvalue weighted by Crippen LogP contribution is 2.23. The maximum atomic E-state index is 13.7. The largest absolute Gasteiger partial charge is 0.497 e. The van der Waals surface area contributed by atoms with Crippen LogP contribution < -0.4 is 14.4 Å². The van der Waals surface area contributed by atoms with E-state index in [0.717, 1.165) is 46.3 Å². The molecular formula is C26H34BrN3O5S. The molecule has 1 N–H and O–H groups in total. The van der Waals surface area contributed by atoms with E-state index in [1.54, 1.807) is 43.5 Å². The molecule has 0 heterocycles. The van der Waals surface area contributed by atoms with Gasteiger partial charge < -0.3 is 15.0 Å². The first kappa shape index (κ1) is 28.0. The number of rotatable bonds is 11. The van der Waals surface area contributed by atoms with Crippen molar-refractivity contribution in [2.24, 2.45) is 0 Å². The van der Waals surface area contributed by atoms with Crippen LogP contribution in [0.3, 0.4) is 0 Å². The summed E-state index contributed by atoms with van der Waals surface area (Å²) in [6.45, 7) is 1.61. The number of nitrogens with one attached hydrogen (secondary N) is 1. The van der Waals surface area contributed by atoms with Crippen LogP contribution in [0, 0.1) is 0 Å². The molecule has 8 nitrogen and oxygen atoms in total. The predicted octanol–water partition coefficient (Wildman–Crippen LogP) is 4.09. The third-order valence-corrected chi connectivity index (χ3v) is 8.06. The molecule has 3 rings (SSSR count). The fourth-order valence-corrected chi connectivity index (χ4v) is 5.55. The first-order valence-electron chi connectivity index (χ1n) is 12.1. The van der Waals surface area contributed by atoms with E-state index in [2.05, 4.69) is 21.2 Å². The Morgan fingerprint density at radius 3 is 2.22 bits per heavy atom. The summed E-state index contributed by atoms with van der Waals surface area (Å²) in [4.78, 5) is 28.5. The molecule has 0 spiro atoms. The SMILES string of the molecule is CC[C@H](C(=O)NC1CCCC1)N(Cc1ccc(OC)cc1)C(=O)CN(c1ccc(Br)cc1)S(C)(=O)=O. The van der Waals surface area contributed by atoms with Crippen molar-refractivity contribution >= 4 is 43.5 Å². The highest BCUT2D eigenvalue weighted by atomic mass is 79.9. The van der Waals surface area contributed by atoms with E-state index in [4.69, 9.17) is 4.74 Å². The normalized spacial score (nSPS) is 14.8. The molecule has 10 heteroatoms. The number of hydrogen-bond acceptors (Lipinski definition) is 5. The summed E-state index contributed by atoms with van der Waals surface area (Å²) in [6.07, 6.45) is 5.48. The lowest BCUT2D eigenvalue weighted by Crippen LogP contribution is -2.53. The molecule has 0 aromatic heterocycles. The Bertz CT molecular complexity index is 1130. The monoisotopic (exact) mass is 579 g/mol. The Morgan fingerprint density at radius 2 is 1.69 bits per heavy atom. The smallest absolute Gasteiger partial charge is 0.244 e. The van der Waals surface area contributed by atoms with Crippen molar-refractivity contribution in [3.05, 3.63) is 58.6 Å². The molecule has 1 atom stereocenters. The lowest BCUT2D eigenvalue weighted by atomic mass is 10.1. The number of hydrogen-bond donors (Lipinski definition) is 1. The van der Waals surface area contributed by atoms with Gasteiger partial charge in [0.1, 0.15) is 18.3 Å². The zero-order valence-corrected chi connectivity index (χ0v) is 23.3. The summed E-state index contributed by atoms with van der Waals surface area (Å²) in [7, 11) is -2.18. The van der Waals surface area contributed by atoms with Crippen LogP contribution in [0.2, 0.25) is 0 Å². The van der Waals surface area contributed by atoms with Gasteiger partial charge in [0.05, 0.1) is 19.1 Å². The highest BCUT2D eigenvalue weighted by molar-refractivity contribution is 9.10. The van der Waals surface area contributed by atoms with Crippen molar-refractivity contribution in [1.29, 1.82) is 0 Å². The molecule has 0 saturated heterocycles. The molecule has 196 valence electrons. The van der Waals surface area contributed by atoms with Crippen molar-refractivity contribution in [2.45, 2.75) is 57.7 Å². The molecule has 0 radical (unpaired) electrons. The average Bonchev–Trinajstić information content (AvgIpc) is 3.35. The molecule has 2 amide bonds. The van der Waals surface area contributed by atoms with Crippen molar-refractivity contribution in [1.82, 2.24) is 10.2 Å². The second-order valence-electron chi connectivity index (χ2n) is 9.03. The van der Waals surface area contributed by atoms with Crippen molar-refractivity contribution < 1.29 is 22.7 Å². The number of amides is 2. The lowest BCUT2D eigenvalue weighted by Gasteiger charge is -2.33. The number of methoxy groups -OCH3 is 1. The van der Waals surface area contributed by atoms with Crippen LogP contribution in [0.25, 0.3) is 0 Å².